The number of carbonyl (C=O) groups excluding carboxylic acids is 2. The van der Waals surface area contributed by atoms with Crippen LogP contribution in [0.15, 0.2) is 0 Å². The van der Waals surface area contributed by atoms with Crippen LogP contribution in [0.1, 0.15) is 72.6 Å². The van der Waals surface area contributed by atoms with E-state index in [0.717, 1.165) is 64.3 Å². The molecule has 0 aromatic rings. The molecular weight excluding hydrogens is 380 g/mol. The topological polar surface area (TPSA) is 67.9 Å². The van der Waals surface area contributed by atoms with Gasteiger partial charge in [0.05, 0.1) is 19.3 Å². The maximum absolute atomic E-state index is 12.4. The van der Waals surface area contributed by atoms with E-state index in [1.165, 1.54) is 0 Å². The van der Waals surface area contributed by atoms with Gasteiger partial charge in [0.1, 0.15) is 0 Å². The lowest BCUT2D eigenvalue weighted by molar-refractivity contribution is -0.133. The highest BCUT2D eigenvalue weighted by atomic mass is 16.5. The molecule has 30 heavy (non-hydrogen) atoms. The number of hydrogen-bond acceptors (Lipinski definition) is 4. The minimum atomic E-state index is -0.308. The first-order valence-electron chi connectivity index (χ1n) is 11.9. The molecule has 4 atom stereocenters. The molecule has 3 rings (SSSR count). The van der Waals surface area contributed by atoms with Gasteiger partial charge in [-0.05, 0) is 63.2 Å². The zero-order valence-corrected chi connectivity index (χ0v) is 18.5. The largest absolute Gasteiger partial charge is 0.449 e. The fourth-order valence-corrected chi connectivity index (χ4v) is 5.01. The molecule has 6 nitrogen and oxygen atoms in total. The molecule has 0 spiro atoms. The number of carbonyl (C=O) groups is 2. The summed E-state index contributed by atoms with van der Waals surface area (Å²) in [4.78, 5) is 26.4. The molecule has 0 bridgehead atoms. The van der Waals surface area contributed by atoms with Gasteiger partial charge in [-0.15, -0.1) is 11.8 Å². The van der Waals surface area contributed by atoms with E-state index in [4.69, 9.17) is 9.47 Å². The first kappa shape index (κ1) is 22.9. The highest BCUT2D eigenvalue weighted by molar-refractivity contribution is 5.76. The Balaban J connectivity index is 0.00000341. The molecule has 3 aliphatic rings. The summed E-state index contributed by atoms with van der Waals surface area (Å²) in [5, 5.41) is 2.85. The van der Waals surface area contributed by atoms with Crippen molar-refractivity contribution in [3.63, 3.8) is 0 Å². The van der Waals surface area contributed by atoms with Crippen molar-refractivity contribution in [2.75, 3.05) is 32.9 Å². The van der Waals surface area contributed by atoms with E-state index < -0.39 is 0 Å². The molecule has 0 aromatic heterocycles. The van der Waals surface area contributed by atoms with Crippen molar-refractivity contribution >= 4 is 12.0 Å². The lowest BCUT2D eigenvalue weighted by Crippen LogP contribution is -2.38. The van der Waals surface area contributed by atoms with Crippen LogP contribution in [-0.2, 0) is 14.3 Å². The van der Waals surface area contributed by atoms with Gasteiger partial charge >= 0.3 is 6.09 Å². The molecule has 1 aliphatic heterocycles. The molecule has 2 fully saturated rings. The van der Waals surface area contributed by atoms with E-state index in [9.17, 15) is 9.59 Å². The number of amides is 2. The second-order valence-electron chi connectivity index (χ2n) is 8.80. The SMILES string of the molecule is CCOC[C@@H]1CCCN1C(=O)CCCCCNC(=O)OCC1[C@H]2CCC#CCC[C@@H]12.[HH]. The molecule has 170 valence electrons. The Labute approximate surface area is 182 Å². The van der Waals surface area contributed by atoms with E-state index in [2.05, 4.69) is 17.2 Å². The van der Waals surface area contributed by atoms with Crippen LogP contribution in [0.2, 0.25) is 0 Å². The summed E-state index contributed by atoms with van der Waals surface area (Å²) in [7, 11) is 0. The molecule has 1 heterocycles. The Morgan fingerprint density at radius 1 is 1.07 bits per heavy atom. The molecule has 6 heteroatoms. The molecule has 0 radical (unpaired) electrons. The quantitative estimate of drug-likeness (QED) is 0.405. The van der Waals surface area contributed by atoms with Crippen LogP contribution >= 0.6 is 0 Å². The number of nitrogens with one attached hydrogen (secondary N) is 1. The standard InChI is InChI=1S/C24H38N2O4.H2/c1-2-29-17-19-11-10-16-26(19)23(27)14-8-5-9-15-25-24(28)30-18-22-20-12-6-3-4-7-13-21(20)22;/h19-22H,2,5-18H2,1H3,(H,25,28);1H/t19-,20-,21+,22?;/m0./s1. The summed E-state index contributed by atoms with van der Waals surface area (Å²) in [6.07, 6.45) is 9.33. The Bertz CT molecular complexity index is 615. The van der Waals surface area contributed by atoms with Gasteiger partial charge in [-0.3, -0.25) is 4.79 Å². The van der Waals surface area contributed by atoms with E-state index in [1.54, 1.807) is 0 Å². The first-order chi connectivity index (χ1) is 14.7. The smallest absolute Gasteiger partial charge is 0.407 e. The lowest BCUT2D eigenvalue weighted by Gasteiger charge is -2.24. The van der Waals surface area contributed by atoms with E-state index in [-0.39, 0.29) is 19.5 Å². The average molecular weight is 421 g/mol. The van der Waals surface area contributed by atoms with Crippen molar-refractivity contribution < 1.29 is 20.5 Å². The molecule has 0 aromatic carbocycles. The molecule has 2 aliphatic carbocycles. The van der Waals surface area contributed by atoms with Crippen molar-refractivity contribution in [3.05, 3.63) is 0 Å². The van der Waals surface area contributed by atoms with Crippen LogP contribution in [0, 0.1) is 29.6 Å². The fourth-order valence-electron chi connectivity index (χ4n) is 5.01. The summed E-state index contributed by atoms with van der Waals surface area (Å²) >= 11 is 0. The van der Waals surface area contributed by atoms with Crippen molar-refractivity contribution in [3.8, 4) is 11.8 Å². The van der Waals surface area contributed by atoms with E-state index in [1.807, 2.05) is 11.8 Å². The van der Waals surface area contributed by atoms with E-state index in [0.29, 0.717) is 50.5 Å². The van der Waals surface area contributed by atoms with Crippen LogP contribution in [0.25, 0.3) is 0 Å². The molecule has 2 amide bonds. The number of alkyl carbamates (subject to hydrolysis) is 1. The van der Waals surface area contributed by atoms with Gasteiger partial charge in [0, 0.05) is 40.4 Å². The second-order valence-corrected chi connectivity index (χ2v) is 8.80. The minimum Gasteiger partial charge on any atom is -0.449 e. The van der Waals surface area contributed by atoms with Crippen molar-refractivity contribution in [1.82, 2.24) is 10.2 Å². The zero-order chi connectivity index (χ0) is 21.2. The number of unbranched alkanes of at least 4 members (excludes halogenated alkanes) is 2. The van der Waals surface area contributed by atoms with Gasteiger partial charge in [-0.2, -0.15) is 0 Å². The van der Waals surface area contributed by atoms with Crippen LogP contribution in [0.5, 0.6) is 0 Å². The van der Waals surface area contributed by atoms with Gasteiger partial charge in [-0.25, -0.2) is 4.79 Å². The molecule has 1 unspecified atom stereocenters. The summed E-state index contributed by atoms with van der Waals surface area (Å²) in [6.45, 7) is 5.35. The average Bonchev–Trinajstić information content (AvgIpc) is 3.14. The van der Waals surface area contributed by atoms with Gasteiger partial charge in [0.15, 0.2) is 0 Å². The van der Waals surface area contributed by atoms with Gasteiger partial charge in [0.2, 0.25) is 5.91 Å². The van der Waals surface area contributed by atoms with Gasteiger partial charge < -0.3 is 19.7 Å². The monoisotopic (exact) mass is 420 g/mol. The lowest BCUT2D eigenvalue weighted by atomic mass is 10.1. The van der Waals surface area contributed by atoms with Crippen LogP contribution < -0.4 is 5.32 Å². The third-order valence-electron chi connectivity index (χ3n) is 6.79. The Morgan fingerprint density at radius 3 is 2.57 bits per heavy atom. The molecule has 1 saturated carbocycles. The maximum atomic E-state index is 12.4. The van der Waals surface area contributed by atoms with Crippen molar-refractivity contribution in [2.24, 2.45) is 17.8 Å². The summed E-state index contributed by atoms with van der Waals surface area (Å²) in [5.41, 5.74) is 0. The van der Waals surface area contributed by atoms with Crippen LogP contribution in [-0.4, -0.2) is 55.9 Å². The summed E-state index contributed by atoms with van der Waals surface area (Å²) in [6, 6.07) is 0.255. The van der Waals surface area contributed by atoms with Crippen molar-refractivity contribution in [1.29, 1.82) is 0 Å². The van der Waals surface area contributed by atoms with Crippen LogP contribution in [0.3, 0.4) is 0 Å². The zero-order valence-electron chi connectivity index (χ0n) is 18.5. The first-order valence-corrected chi connectivity index (χ1v) is 11.9. The maximum Gasteiger partial charge on any atom is 0.407 e. The molecular formula is C24H40N2O4. The predicted octanol–water partition coefficient (Wildman–Crippen LogP) is 3.99. The number of nitrogens with zero attached hydrogens (tertiary/aromatic N) is 1. The number of hydrogen-bond donors (Lipinski definition) is 1. The number of rotatable bonds is 11. The van der Waals surface area contributed by atoms with E-state index >= 15 is 0 Å². The molecule has 1 saturated heterocycles. The summed E-state index contributed by atoms with van der Waals surface area (Å²) in [5.74, 6) is 8.59. The minimum absolute atomic E-state index is 0. The van der Waals surface area contributed by atoms with Gasteiger partial charge in [-0.1, -0.05) is 6.42 Å². The highest BCUT2D eigenvalue weighted by Crippen LogP contribution is 2.52. The Kier molecular flexibility index (Phi) is 9.32. The van der Waals surface area contributed by atoms with Crippen molar-refractivity contribution in [2.45, 2.75) is 77.2 Å². The highest BCUT2D eigenvalue weighted by Gasteiger charge is 2.49. The Morgan fingerprint density at radius 2 is 1.83 bits per heavy atom. The molecule has 1 N–H and O–H groups in total. The fraction of sp³-hybridized carbons (Fsp3) is 0.833. The second kappa shape index (κ2) is 12.2. The number of fused-ring (bicyclic) bond motifs is 1. The normalized spacial score (nSPS) is 27.3. The number of likely N-dealkylation sites (tertiary alicyclic amines) is 1. The summed E-state index contributed by atoms with van der Waals surface area (Å²) < 4.78 is 10.9. The predicted molar refractivity (Wildman–Crippen MR) is 118 cm³/mol. The number of ether oxygens (including phenoxy) is 2. The third kappa shape index (κ3) is 6.91. The third-order valence-corrected chi connectivity index (χ3v) is 6.79. The van der Waals surface area contributed by atoms with Gasteiger partial charge in [0.25, 0.3) is 0 Å². The van der Waals surface area contributed by atoms with Crippen LogP contribution in [0.4, 0.5) is 4.79 Å². The Hall–Kier alpha value is -1.74.